The summed E-state index contributed by atoms with van der Waals surface area (Å²) in [7, 11) is 0. The Morgan fingerprint density at radius 1 is 1.62 bits per heavy atom. The Morgan fingerprint density at radius 3 is 1.75 bits per heavy atom. The summed E-state index contributed by atoms with van der Waals surface area (Å²) in [6, 6.07) is 0. The first-order chi connectivity index (χ1) is 3.27. The van der Waals surface area contributed by atoms with Gasteiger partial charge in [0.1, 0.15) is 0 Å². The first-order valence-electron chi connectivity index (χ1n) is 1.90. The van der Waals surface area contributed by atoms with Crippen LogP contribution in [0.25, 0.3) is 0 Å². The fourth-order valence-corrected chi connectivity index (χ4v) is 0. The van der Waals surface area contributed by atoms with Crippen molar-refractivity contribution in [2.24, 2.45) is 0 Å². The zero-order chi connectivity index (χ0) is 6.28. The second-order valence-corrected chi connectivity index (χ2v) is 0.747. The van der Waals surface area contributed by atoms with E-state index in [0.717, 1.165) is 0 Å². The van der Waals surface area contributed by atoms with Crippen molar-refractivity contribution in [1.29, 1.82) is 0 Å². The average molecular weight is 210 g/mol. The molecule has 0 aliphatic rings. The molecule has 0 rings (SSSR count). The molecule has 0 aromatic carbocycles. The van der Waals surface area contributed by atoms with E-state index in [1.165, 1.54) is 0 Å². The van der Waals surface area contributed by atoms with Gasteiger partial charge in [0.2, 0.25) is 0 Å². The zero-order valence-corrected chi connectivity index (χ0v) is 8.70. The van der Waals surface area contributed by atoms with Gasteiger partial charge in [0.25, 0.3) is 0 Å². The number of rotatable bonds is 1. The van der Waals surface area contributed by atoms with Gasteiger partial charge in [-0.05, 0) is 0 Å². The van der Waals surface area contributed by atoms with Crippen LogP contribution in [0.2, 0.25) is 0 Å². The van der Waals surface area contributed by atoms with Gasteiger partial charge in [0, 0.05) is 39.1 Å². The minimum absolute atomic E-state index is 0. The first kappa shape index (κ1) is 16.0. The number of carboxylic acid groups (broad SMARTS) is 1. The molecule has 0 spiro atoms. The van der Waals surface area contributed by atoms with Gasteiger partial charge in [-0.25, -0.2) is 0 Å². The van der Waals surface area contributed by atoms with Gasteiger partial charge in [-0.3, -0.25) is 4.79 Å². The molecule has 0 fully saturated rings. The van der Waals surface area contributed by atoms with Crippen LogP contribution in [0.15, 0.2) is 0 Å². The van der Waals surface area contributed by atoms with Crippen LogP contribution in [-0.4, -0.2) is 17.3 Å². The summed E-state index contributed by atoms with van der Waals surface area (Å²) in [5.41, 5.74) is 0. The second-order valence-electron chi connectivity index (χ2n) is 0.747. The van der Waals surface area contributed by atoms with Crippen molar-refractivity contribution >= 4 is 18.6 Å². The summed E-state index contributed by atoms with van der Waals surface area (Å²) in [6.45, 7) is 1.60. The topological polar surface area (TPSA) is 37.3 Å². The molecule has 0 aliphatic carbocycles. The van der Waals surface area contributed by atoms with Gasteiger partial charge in [0.15, 0.2) is 0 Å². The summed E-state index contributed by atoms with van der Waals surface area (Å²) < 4.78 is 0. The van der Waals surface area contributed by atoms with E-state index in [4.69, 9.17) is 5.11 Å². The standard InChI is InChI=1S/C3H6O2.CH4S.Y/c1-2-3(4)5;1-2;/h2H2,1H3,(H,4,5);2H,1H3;/p-1. The van der Waals surface area contributed by atoms with E-state index in [1.54, 1.807) is 13.2 Å². The minimum Gasteiger partial charge on any atom is -0.796 e. The Balaban J connectivity index is -0.0000000750. The maximum Gasteiger partial charge on any atom is 0.303 e. The largest absolute Gasteiger partial charge is 0.796 e. The van der Waals surface area contributed by atoms with E-state index in [9.17, 15) is 4.79 Å². The van der Waals surface area contributed by atoms with E-state index in [-0.39, 0.29) is 39.1 Å². The Labute approximate surface area is 80.3 Å². The van der Waals surface area contributed by atoms with E-state index < -0.39 is 5.97 Å². The van der Waals surface area contributed by atoms with Crippen molar-refractivity contribution in [2.45, 2.75) is 13.3 Å². The summed E-state index contributed by atoms with van der Waals surface area (Å²) in [5.74, 6) is -0.745. The molecule has 0 aromatic heterocycles. The molecule has 0 bridgehead atoms. The fourth-order valence-electron chi connectivity index (χ4n) is 0. The van der Waals surface area contributed by atoms with Crippen LogP contribution < -0.4 is 0 Å². The molecule has 0 aliphatic heterocycles. The van der Waals surface area contributed by atoms with Crippen LogP contribution in [0, 0.1) is 0 Å². The van der Waals surface area contributed by atoms with Gasteiger partial charge in [-0.1, -0.05) is 6.92 Å². The normalized spacial score (nSPS) is 5.38. The third-order valence-electron chi connectivity index (χ3n) is 0.302. The molecule has 0 atom stereocenters. The number of aliphatic carboxylic acids is 1. The van der Waals surface area contributed by atoms with E-state index >= 15 is 0 Å². The van der Waals surface area contributed by atoms with Gasteiger partial charge < -0.3 is 17.7 Å². The molecule has 0 unspecified atom stereocenters. The average Bonchev–Trinajstić information content (AvgIpc) is 1.73. The van der Waals surface area contributed by atoms with Crippen molar-refractivity contribution < 1.29 is 42.6 Å². The molecule has 4 heteroatoms. The summed E-state index contributed by atoms with van der Waals surface area (Å²) in [4.78, 5) is 9.37. The van der Waals surface area contributed by atoms with Crippen LogP contribution in [0.4, 0.5) is 0 Å². The zero-order valence-electron chi connectivity index (χ0n) is 5.05. The van der Waals surface area contributed by atoms with Crippen molar-refractivity contribution in [1.82, 2.24) is 0 Å². The molecule has 47 valence electrons. The molecule has 0 aromatic rings. The van der Waals surface area contributed by atoms with Crippen LogP contribution in [0.3, 0.4) is 0 Å². The van der Waals surface area contributed by atoms with Crippen molar-refractivity contribution in [3.8, 4) is 0 Å². The van der Waals surface area contributed by atoms with Crippen molar-refractivity contribution in [3.63, 3.8) is 0 Å². The van der Waals surface area contributed by atoms with Gasteiger partial charge in [-0.2, -0.15) is 6.26 Å². The molecular formula is C4H9O2SY-. The monoisotopic (exact) mass is 210 g/mol. The molecule has 0 heterocycles. The number of carboxylic acids is 1. The molecule has 8 heavy (non-hydrogen) atoms. The third-order valence-corrected chi connectivity index (χ3v) is 0.302. The van der Waals surface area contributed by atoms with Gasteiger partial charge in [-0.15, -0.1) is 0 Å². The van der Waals surface area contributed by atoms with E-state index in [2.05, 4.69) is 12.6 Å². The Hall–Kier alpha value is 0.924. The number of hydrogen-bond donors (Lipinski definition) is 1. The maximum atomic E-state index is 9.37. The predicted molar refractivity (Wildman–Crippen MR) is 31.2 cm³/mol. The molecule has 1 N–H and O–H groups in total. The van der Waals surface area contributed by atoms with E-state index in [1.807, 2.05) is 0 Å². The van der Waals surface area contributed by atoms with Crippen molar-refractivity contribution in [2.75, 3.05) is 6.26 Å². The molecule has 0 saturated heterocycles. The number of carbonyl (C=O) groups is 1. The minimum atomic E-state index is -0.745. The SMILES string of the molecule is CCC(=O)O.C[S-].[Y]. The van der Waals surface area contributed by atoms with E-state index in [0.29, 0.717) is 0 Å². The molecule has 0 saturated carbocycles. The maximum absolute atomic E-state index is 9.37. The Morgan fingerprint density at radius 2 is 1.75 bits per heavy atom. The van der Waals surface area contributed by atoms with Gasteiger partial charge >= 0.3 is 5.97 Å². The predicted octanol–water partition coefficient (Wildman–Crippen LogP) is 0.642. The molecule has 2 nitrogen and oxygen atoms in total. The van der Waals surface area contributed by atoms with Crippen LogP contribution in [0.1, 0.15) is 13.3 Å². The Kier molecular flexibility index (Phi) is 31.3. The summed E-state index contributed by atoms with van der Waals surface area (Å²) in [5, 5.41) is 7.72. The Bertz CT molecular complexity index is 49.3. The third kappa shape index (κ3) is 28.4. The van der Waals surface area contributed by atoms with Crippen LogP contribution >= 0.6 is 0 Å². The van der Waals surface area contributed by atoms with Gasteiger partial charge in [0.05, 0.1) is 0 Å². The molecular weight excluding hydrogens is 201 g/mol. The first-order valence-corrected chi connectivity index (χ1v) is 2.71. The fraction of sp³-hybridized carbons (Fsp3) is 0.750. The van der Waals surface area contributed by atoms with Crippen molar-refractivity contribution in [3.05, 3.63) is 0 Å². The number of hydrogen-bond acceptors (Lipinski definition) is 2. The van der Waals surface area contributed by atoms with Crippen LogP contribution in [0.5, 0.6) is 0 Å². The summed E-state index contributed by atoms with van der Waals surface area (Å²) >= 11 is 4.08. The quantitative estimate of drug-likeness (QED) is 0.645. The second kappa shape index (κ2) is 15.7. The smallest absolute Gasteiger partial charge is 0.303 e. The summed E-state index contributed by atoms with van der Waals surface area (Å²) in [6.07, 6.45) is 1.81. The molecule has 1 radical (unpaired) electrons. The van der Waals surface area contributed by atoms with Crippen LogP contribution in [-0.2, 0) is 50.1 Å². The molecule has 0 amide bonds.